The van der Waals surface area contributed by atoms with Crippen molar-refractivity contribution in [2.45, 2.75) is 13.8 Å². The predicted molar refractivity (Wildman–Crippen MR) is 175 cm³/mol. The minimum Gasteiger partial charge on any atom is -1.00 e. The van der Waals surface area contributed by atoms with E-state index in [0.29, 0.717) is 5.58 Å². The Morgan fingerprint density at radius 1 is 0.841 bits per heavy atom. The molecule has 226 valence electrons. The molecule has 2 aliphatic heterocycles. The van der Waals surface area contributed by atoms with Crippen LogP contribution in [0.3, 0.4) is 0 Å². The summed E-state index contributed by atoms with van der Waals surface area (Å²) >= 11 is 0. The highest BCUT2D eigenvalue weighted by molar-refractivity contribution is 6.22. The average molecular weight is 627 g/mol. The third kappa shape index (κ3) is 5.75. The molecule has 6 nitrogen and oxygen atoms in total. The first-order valence-corrected chi connectivity index (χ1v) is 14.1. The molecule has 0 saturated carbocycles. The number of rotatable bonds is 2. The maximum Gasteiger partial charge on any atom is 0.220 e. The Labute approximate surface area is 271 Å². The average Bonchev–Trinajstić information content (AvgIpc) is 3.25. The van der Waals surface area contributed by atoms with Crippen molar-refractivity contribution in [3.05, 3.63) is 113 Å². The van der Waals surface area contributed by atoms with E-state index in [1.807, 2.05) is 39.2 Å². The normalized spacial score (nSPS) is 11.6. The van der Waals surface area contributed by atoms with E-state index in [-0.39, 0.29) is 24.8 Å². The lowest BCUT2D eigenvalue weighted by Gasteiger charge is -2.12. The van der Waals surface area contributed by atoms with Gasteiger partial charge in [-0.3, -0.25) is 0 Å². The standard InChI is InChI=1S/C20H19N2.C16H17N3O.2ClH/c1-21(2)16-12-10-15(11-13-16)20-17-8-4-6-14-7-5-9-18(19(14)17)22(20)3;1-9-5-12-15(7-11(9)17)20-16-8-14(19(3)4)10(2)6-13(16)18-12;;/h4-13H,1-3H3;5-8,17H,1-4H3;2*1H/q+1;;;/p-1. The molecule has 4 aromatic rings. The van der Waals surface area contributed by atoms with Crippen molar-refractivity contribution in [1.29, 1.82) is 0 Å². The number of nitrogen functional groups attached to an aromatic ring is 1. The molecule has 2 N–H and O–H groups in total. The van der Waals surface area contributed by atoms with E-state index >= 15 is 0 Å². The fourth-order valence-electron chi connectivity index (χ4n) is 5.78. The van der Waals surface area contributed by atoms with Crippen LogP contribution in [0.25, 0.3) is 33.3 Å². The van der Waals surface area contributed by atoms with Gasteiger partial charge in [0.1, 0.15) is 32.4 Å². The number of aryl methyl sites for hydroxylation is 2. The van der Waals surface area contributed by atoms with Crippen molar-refractivity contribution in [1.82, 2.24) is 9.56 Å². The highest BCUT2D eigenvalue weighted by Crippen LogP contribution is 2.36. The third-order valence-corrected chi connectivity index (χ3v) is 8.06. The summed E-state index contributed by atoms with van der Waals surface area (Å²) in [7, 11) is 10.3. The second-order valence-corrected chi connectivity index (χ2v) is 11.4. The molecule has 0 bridgehead atoms. The number of hydrogen-bond donors (Lipinski definition) is 1. The maximum atomic E-state index is 5.96. The van der Waals surface area contributed by atoms with Crippen molar-refractivity contribution in [3.8, 4) is 11.5 Å². The first kappa shape index (κ1) is 32.5. The molecular formula is C36H37Cl2N5O. The molecule has 44 heavy (non-hydrogen) atoms. The predicted octanol–water partition coefficient (Wildman–Crippen LogP) is 0.202. The molecule has 0 saturated heterocycles. The second-order valence-electron chi connectivity index (χ2n) is 11.4. The number of fused-ring (bicyclic) bond motifs is 2. The van der Waals surface area contributed by atoms with E-state index < -0.39 is 0 Å². The topological polar surface area (TPSA) is 61.3 Å². The number of aromatic nitrogens is 1. The molecule has 1 aliphatic carbocycles. The quantitative estimate of drug-likeness (QED) is 0.170. The van der Waals surface area contributed by atoms with Crippen molar-refractivity contribution >= 4 is 44.6 Å². The molecule has 2 heterocycles. The Hall–Kier alpha value is -4.39. The molecule has 4 aromatic carbocycles. The smallest absolute Gasteiger partial charge is 0.220 e. The zero-order chi connectivity index (χ0) is 29.7. The minimum atomic E-state index is 0. The summed E-state index contributed by atoms with van der Waals surface area (Å²) in [5.41, 5.74) is 17.7. The third-order valence-electron chi connectivity index (χ3n) is 8.06. The summed E-state index contributed by atoms with van der Waals surface area (Å²) in [6, 6.07) is 29.8. The number of benzene rings is 5. The van der Waals surface area contributed by atoms with Crippen LogP contribution in [0.15, 0.2) is 89.3 Å². The van der Waals surface area contributed by atoms with E-state index in [1.54, 1.807) is 0 Å². The molecule has 8 heteroatoms. The molecule has 0 fully saturated rings. The molecule has 0 spiro atoms. The van der Waals surface area contributed by atoms with Gasteiger partial charge in [-0.1, -0.05) is 24.3 Å². The second kappa shape index (κ2) is 12.7. The number of hydrogen-bond acceptors (Lipinski definition) is 4. The summed E-state index contributed by atoms with van der Waals surface area (Å²) < 4.78 is 10.3. The number of anilines is 2. The molecule has 0 aromatic heterocycles. The van der Waals surface area contributed by atoms with E-state index in [0.717, 1.165) is 33.6 Å². The summed E-state index contributed by atoms with van der Waals surface area (Å²) in [4.78, 5) is 6.80. The summed E-state index contributed by atoms with van der Waals surface area (Å²) in [5.74, 6) is 0.773. The Kier molecular flexibility index (Phi) is 9.38. The Morgan fingerprint density at radius 2 is 1.52 bits per heavy atom. The minimum absolute atomic E-state index is 0. The molecular weight excluding hydrogens is 589 g/mol. The lowest BCUT2D eigenvalue weighted by atomic mass is 9.98. The van der Waals surface area contributed by atoms with Gasteiger partial charge in [-0.25, -0.2) is 9.56 Å². The largest absolute Gasteiger partial charge is 1.00 e. The van der Waals surface area contributed by atoms with Crippen LogP contribution in [-0.4, -0.2) is 50.5 Å². The van der Waals surface area contributed by atoms with Gasteiger partial charge in [0.25, 0.3) is 0 Å². The fourth-order valence-corrected chi connectivity index (χ4v) is 5.78. The summed E-state index contributed by atoms with van der Waals surface area (Å²) in [6.45, 7) is 4.05. The van der Waals surface area contributed by atoms with Gasteiger partial charge < -0.3 is 39.9 Å². The SMILES string of the molecule is CN(C)c1ccc(C2=[N+](C)c3cccc4cccc2c34)cc1.Cc1cc2nc3cc(C)c(=[N+](C)C)cc-3oc2cc1N.[Cl-].[Cl-]. The lowest BCUT2D eigenvalue weighted by Crippen LogP contribution is -3.00. The molecule has 0 amide bonds. The van der Waals surface area contributed by atoms with Gasteiger partial charge in [0.15, 0.2) is 11.3 Å². The summed E-state index contributed by atoms with van der Waals surface area (Å²) in [5, 5.41) is 3.79. The number of nitrogens with zero attached hydrogens (tertiary/aromatic N) is 4. The molecule has 7 rings (SSSR count). The molecule has 0 radical (unpaired) electrons. The van der Waals surface area contributed by atoms with Crippen LogP contribution in [-0.2, 0) is 0 Å². The molecule has 0 atom stereocenters. The summed E-state index contributed by atoms with van der Waals surface area (Å²) in [6.07, 6.45) is 0. The molecule has 0 unspecified atom stereocenters. The Balaban J connectivity index is 0.000000193. The number of nitrogens with two attached hydrogens (primary N) is 1. The van der Waals surface area contributed by atoms with Gasteiger partial charge in [0.05, 0.1) is 17.0 Å². The lowest BCUT2D eigenvalue weighted by molar-refractivity contribution is -0.399. The Morgan fingerprint density at radius 3 is 2.18 bits per heavy atom. The van der Waals surface area contributed by atoms with E-state index in [1.165, 1.54) is 44.5 Å². The van der Waals surface area contributed by atoms with Crippen LogP contribution in [0, 0.1) is 13.8 Å². The molecule has 3 aliphatic rings. The van der Waals surface area contributed by atoms with E-state index in [9.17, 15) is 0 Å². The van der Waals surface area contributed by atoms with Crippen molar-refractivity contribution in [2.75, 3.05) is 45.9 Å². The highest BCUT2D eigenvalue weighted by Gasteiger charge is 2.30. The van der Waals surface area contributed by atoms with Gasteiger partial charge in [-0.15, -0.1) is 0 Å². The van der Waals surface area contributed by atoms with Crippen LogP contribution in [0.1, 0.15) is 22.3 Å². The monoisotopic (exact) mass is 625 g/mol. The van der Waals surface area contributed by atoms with E-state index in [4.69, 9.17) is 10.2 Å². The van der Waals surface area contributed by atoms with Crippen LogP contribution >= 0.6 is 0 Å². The fraction of sp³-hybridized carbons (Fsp3) is 0.194. The first-order chi connectivity index (χ1) is 20.1. The Bertz CT molecular complexity index is 2070. The zero-order valence-electron chi connectivity index (χ0n) is 26.1. The van der Waals surface area contributed by atoms with E-state index in [2.05, 4.69) is 114 Å². The van der Waals surface area contributed by atoms with Crippen LogP contribution in [0.2, 0.25) is 0 Å². The number of halogens is 2. The van der Waals surface area contributed by atoms with Gasteiger partial charge >= 0.3 is 0 Å². The highest BCUT2D eigenvalue weighted by atomic mass is 35.5. The van der Waals surface area contributed by atoms with Crippen molar-refractivity contribution < 1.29 is 33.8 Å². The van der Waals surface area contributed by atoms with Crippen LogP contribution in [0.5, 0.6) is 0 Å². The van der Waals surface area contributed by atoms with Gasteiger partial charge in [-0.05, 0) is 67.3 Å². The first-order valence-electron chi connectivity index (χ1n) is 14.1. The van der Waals surface area contributed by atoms with Crippen LogP contribution in [0.4, 0.5) is 17.1 Å². The van der Waals surface area contributed by atoms with Gasteiger partial charge in [0, 0.05) is 48.7 Å². The van der Waals surface area contributed by atoms with Gasteiger partial charge in [-0.2, -0.15) is 4.58 Å². The maximum absolute atomic E-state index is 5.96. The zero-order valence-corrected chi connectivity index (χ0v) is 27.6. The van der Waals surface area contributed by atoms with Crippen molar-refractivity contribution in [3.63, 3.8) is 0 Å². The van der Waals surface area contributed by atoms with Crippen molar-refractivity contribution in [2.24, 2.45) is 0 Å². The van der Waals surface area contributed by atoms with Gasteiger partial charge in [0.2, 0.25) is 16.8 Å². The van der Waals surface area contributed by atoms with Crippen LogP contribution < -0.4 is 45.4 Å².